The molecule has 0 unspecified atom stereocenters. The highest BCUT2D eigenvalue weighted by molar-refractivity contribution is 5.85. The van der Waals surface area contributed by atoms with Crippen LogP contribution in [0, 0.1) is 17.8 Å². The van der Waals surface area contributed by atoms with Crippen LogP contribution in [0.2, 0.25) is 0 Å². The van der Waals surface area contributed by atoms with Gasteiger partial charge < -0.3 is 10.0 Å². The summed E-state index contributed by atoms with van der Waals surface area (Å²) in [6.45, 7) is 2.40. The maximum Gasteiger partial charge on any atom is 0.323 e. The first-order chi connectivity index (χ1) is 7.63. The van der Waals surface area contributed by atoms with Gasteiger partial charge >= 0.3 is 5.97 Å². The van der Waals surface area contributed by atoms with Gasteiger partial charge in [0, 0.05) is 12.5 Å². The zero-order chi connectivity index (χ0) is 11.7. The van der Waals surface area contributed by atoms with Gasteiger partial charge in [-0.2, -0.15) is 0 Å². The minimum absolute atomic E-state index is 0.0705. The van der Waals surface area contributed by atoms with E-state index in [1.54, 1.807) is 0 Å². The van der Waals surface area contributed by atoms with Gasteiger partial charge in [-0.3, -0.25) is 9.59 Å². The van der Waals surface area contributed by atoms with E-state index in [1.807, 2.05) is 6.92 Å². The van der Waals surface area contributed by atoms with Crippen molar-refractivity contribution in [2.45, 2.75) is 32.6 Å². The van der Waals surface area contributed by atoms with Crippen LogP contribution in [0.3, 0.4) is 0 Å². The molecule has 2 fully saturated rings. The lowest BCUT2D eigenvalue weighted by Crippen LogP contribution is -2.37. The summed E-state index contributed by atoms with van der Waals surface area (Å²) in [7, 11) is 0. The van der Waals surface area contributed by atoms with Crippen molar-refractivity contribution in [3.05, 3.63) is 0 Å². The van der Waals surface area contributed by atoms with E-state index < -0.39 is 5.97 Å². The van der Waals surface area contributed by atoms with Crippen LogP contribution in [-0.4, -0.2) is 35.0 Å². The average molecular weight is 225 g/mol. The van der Waals surface area contributed by atoms with E-state index in [2.05, 4.69) is 0 Å². The molecule has 2 rings (SSSR count). The normalized spacial score (nSPS) is 27.6. The third-order valence-corrected chi connectivity index (χ3v) is 3.52. The molecule has 90 valence electrons. The third kappa shape index (κ3) is 2.54. The van der Waals surface area contributed by atoms with Crippen LogP contribution < -0.4 is 0 Å². The lowest BCUT2D eigenvalue weighted by Gasteiger charge is -2.20. The lowest BCUT2D eigenvalue weighted by molar-refractivity contribution is -0.145. The molecule has 0 spiro atoms. The Balaban J connectivity index is 1.86. The first-order valence-corrected chi connectivity index (χ1v) is 6.14. The zero-order valence-electron chi connectivity index (χ0n) is 9.69. The molecule has 1 amide bonds. The van der Waals surface area contributed by atoms with Crippen LogP contribution in [0.4, 0.5) is 0 Å². The van der Waals surface area contributed by atoms with Gasteiger partial charge in [0.05, 0.1) is 0 Å². The van der Waals surface area contributed by atoms with Gasteiger partial charge in [-0.15, -0.1) is 0 Å². The van der Waals surface area contributed by atoms with Crippen LogP contribution in [0.5, 0.6) is 0 Å². The predicted molar refractivity (Wildman–Crippen MR) is 58.8 cm³/mol. The number of aliphatic carboxylic acids is 1. The lowest BCUT2D eigenvalue weighted by atomic mass is 10.2. The van der Waals surface area contributed by atoms with Crippen molar-refractivity contribution in [1.29, 1.82) is 0 Å². The molecule has 0 bridgehead atoms. The highest BCUT2D eigenvalue weighted by Crippen LogP contribution is 2.54. The number of carboxylic acids is 1. The average Bonchev–Trinajstić information content (AvgIpc) is 3.04. The van der Waals surface area contributed by atoms with Crippen LogP contribution in [0.1, 0.15) is 32.6 Å². The quantitative estimate of drug-likeness (QED) is 0.742. The zero-order valence-corrected chi connectivity index (χ0v) is 9.69. The van der Waals surface area contributed by atoms with Crippen molar-refractivity contribution in [1.82, 2.24) is 4.90 Å². The van der Waals surface area contributed by atoms with E-state index in [9.17, 15) is 9.59 Å². The maximum atomic E-state index is 12.0. The minimum atomic E-state index is -0.912. The Bertz CT molecular complexity index is 299. The summed E-state index contributed by atoms with van der Waals surface area (Å²) < 4.78 is 0. The van der Waals surface area contributed by atoms with Crippen LogP contribution in [0.15, 0.2) is 0 Å². The minimum Gasteiger partial charge on any atom is -0.480 e. The van der Waals surface area contributed by atoms with Crippen molar-refractivity contribution in [2.24, 2.45) is 17.8 Å². The molecule has 1 N–H and O–H groups in total. The Morgan fingerprint density at radius 1 is 1.38 bits per heavy atom. The Kier molecular flexibility index (Phi) is 3.17. The molecular weight excluding hydrogens is 206 g/mol. The number of hydrogen-bond acceptors (Lipinski definition) is 2. The van der Waals surface area contributed by atoms with Crippen molar-refractivity contribution in [3.63, 3.8) is 0 Å². The number of carbonyl (C=O) groups is 2. The Morgan fingerprint density at radius 2 is 2.06 bits per heavy atom. The second-order valence-electron chi connectivity index (χ2n) is 5.00. The van der Waals surface area contributed by atoms with Crippen LogP contribution >= 0.6 is 0 Å². The molecule has 16 heavy (non-hydrogen) atoms. The van der Waals surface area contributed by atoms with Gasteiger partial charge in [0.2, 0.25) is 5.91 Å². The van der Waals surface area contributed by atoms with Gasteiger partial charge in [0.1, 0.15) is 6.54 Å². The molecule has 0 aromatic carbocycles. The molecule has 2 aliphatic rings. The smallest absolute Gasteiger partial charge is 0.323 e. The fourth-order valence-electron chi connectivity index (χ4n) is 2.48. The molecule has 0 heterocycles. The summed E-state index contributed by atoms with van der Waals surface area (Å²) in [5, 5.41) is 8.76. The molecule has 0 aromatic heterocycles. The van der Waals surface area contributed by atoms with E-state index in [-0.39, 0.29) is 18.4 Å². The second kappa shape index (κ2) is 4.44. The van der Waals surface area contributed by atoms with Gasteiger partial charge in [0.25, 0.3) is 0 Å². The van der Waals surface area contributed by atoms with Crippen molar-refractivity contribution in [2.75, 3.05) is 13.1 Å². The van der Waals surface area contributed by atoms with E-state index in [0.29, 0.717) is 12.5 Å². The molecule has 0 aliphatic heterocycles. The molecule has 0 radical (unpaired) electrons. The predicted octanol–water partition coefficient (Wildman–Crippen LogP) is 1.36. The fraction of sp³-hybridized carbons (Fsp3) is 0.833. The summed E-state index contributed by atoms with van der Waals surface area (Å²) in [6, 6.07) is 0. The number of nitrogens with zero attached hydrogens (tertiary/aromatic N) is 1. The standard InChI is InChI=1S/C12H19NO3/c1-2-5-13(7-11(14)15)12(16)10-6-9(10)8-3-4-8/h8-10H,2-7H2,1H3,(H,14,15)/t9-,10-/m0/s1. The Morgan fingerprint density at radius 3 is 2.56 bits per heavy atom. The first kappa shape index (κ1) is 11.4. The number of amides is 1. The highest BCUT2D eigenvalue weighted by Gasteiger charge is 2.52. The van der Waals surface area contributed by atoms with Gasteiger partial charge in [-0.1, -0.05) is 6.92 Å². The van der Waals surface area contributed by atoms with E-state index in [0.717, 1.165) is 18.8 Å². The van der Waals surface area contributed by atoms with E-state index in [1.165, 1.54) is 17.7 Å². The van der Waals surface area contributed by atoms with Crippen molar-refractivity contribution >= 4 is 11.9 Å². The highest BCUT2D eigenvalue weighted by atomic mass is 16.4. The molecule has 0 saturated heterocycles. The largest absolute Gasteiger partial charge is 0.480 e. The molecule has 0 aromatic rings. The fourth-order valence-corrected chi connectivity index (χ4v) is 2.48. The van der Waals surface area contributed by atoms with E-state index in [4.69, 9.17) is 5.11 Å². The number of hydrogen-bond donors (Lipinski definition) is 1. The topological polar surface area (TPSA) is 57.6 Å². The van der Waals surface area contributed by atoms with Crippen molar-refractivity contribution < 1.29 is 14.7 Å². The summed E-state index contributed by atoms with van der Waals surface area (Å²) in [6.07, 6.45) is 4.34. The third-order valence-electron chi connectivity index (χ3n) is 3.52. The number of carbonyl (C=O) groups excluding carboxylic acids is 1. The Hall–Kier alpha value is -1.06. The first-order valence-electron chi connectivity index (χ1n) is 6.14. The molecule has 2 saturated carbocycles. The second-order valence-corrected chi connectivity index (χ2v) is 5.00. The Labute approximate surface area is 95.6 Å². The number of rotatable bonds is 6. The van der Waals surface area contributed by atoms with Crippen LogP contribution in [0.25, 0.3) is 0 Å². The SMILES string of the molecule is CCCN(CC(=O)O)C(=O)[C@H]1C[C@H]1C1CC1. The van der Waals surface area contributed by atoms with Crippen LogP contribution in [-0.2, 0) is 9.59 Å². The number of carboxylic acid groups (broad SMARTS) is 1. The monoisotopic (exact) mass is 225 g/mol. The molecule has 4 heteroatoms. The summed E-state index contributed by atoms with van der Waals surface area (Å²) in [5.74, 6) is 0.632. The molecule has 4 nitrogen and oxygen atoms in total. The molecule has 2 atom stereocenters. The van der Waals surface area contributed by atoms with Gasteiger partial charge in [-0.25, -0.2) is 0 Å². The van der Waals surface area contributed by atoms with Gasteiger partial charge in [-0.05, 0) is 37.5 Å². The van der Waals surface area contributed by atoms with Crippen molar-refractivity contribution in [3.8, 4) is 0 Å². The summed E-state index contributed by atoms with van der Waals surface area (Å²) in [4.78, 5) is 24.2. The molecular formula is C12H19NO3. The van der Waals surface area contributed by atoms with E-state index >= 15 is 0 Å². The summed E-state index contributed by atoms with van der Waals surface area (Å²) in [5.41, 5.74) is 0. The summed E-state index contributed by atoms with van der Waals surface area (Å²) >= 11 is 0. The molecule has 2 aliphatic carbocycles. The van der Waals surface area contributed by atoms with Gasteiger partial charge in [0.15, 0.2) is 0 Å². The maximum absolute atomic E-state index is 12.0.